The molecule has 1 atom stereocenters. The first kappa shape index (κ1) is 15.7. The van der Waals surface area contributed by atoms with Gasteiger partial charge in [-0.15, -0.1) is 11.3 Å². The highest BCUT2D eigenvalue weighted by Crippen LogP contribution is 2.30. The zero-order chi connectivity index (χ0) is 14.6. The van der Waals surface area contributed by atoms with E-state index in [0.717, 1.165) is 18.1 Å². The van der Waals surface area contributed by atoms with Crippen molar-refractivity contribution in [1.82, 2.24) is 10.3 Å². The van der Waals surface area contributed by atoms with Gasteiger partial charge in [-0.3, -0.25) is 0 Å². The van der Waals surface area contributed by atoms with Gasteiger partial charge in [-0.2, -0.15) is 13.2 Å². The Labute approximate surface area is 111 Å². The van der Waals surface area contributed by atoms with E-state index in [1.54, 1.807) is 11.3 Å². The number of rotatable bonds is 1. The predicted octanol–water partition coefficient (Wildman–Crippen LogP) is 2.02. The number of halogens is 3. The third-order valence-corrected chi connectivity index (χ3v) is 3.69. The molecule has 108 valence electrons. The van der Waals surface area contributed by atoms with Gasteiger partial charge in [-0.1, -0.05) is 0 Å². The Kier molecular flexibility index (Phi) is 5.12. The number of carboxylic acid groups (broad SMARTS) is 1. The second-order valence-electron chi connectivity index (χ2n) is 3.81. The predicted molar refractivity (Wildman–Crippen MR) is 65.5 cm³/mol. The van der Waals surface area contributed by atoms with Crippen LogP contribution in [0.5, 0.6) is 0 Å². The van der Waals surface area contributed by atoms with Crippen LogP contribution in [0.25, 0.3) is 0 Å². The number of alkyl halides is 3. The zero-order valence-electron chi connectivity index (χ0n) is 10.3. The van der Waals surface area contributed by atoms with E-state index in [1.807, 2.05) is 7.05 Å². The Morgan fingerprint density at radius 3 is 2.58 bits per heavy atom. The highest BCUT2D eigenvalue weighted by atomic mass is 32.1. The van der Waals surface area contributed by atoms with Gasteiger partial charge >= 0.3 is 12.1 Å². The standard InChI is InChI=1S/C8H13N3S.C2HF3O2/c1-5-7-6(3-4-10-5)11-8(9-2)12-7;3-2(4,5)1(6)7/h5,10H,3-4H2,1-2H3,(H,9,11);(H,6,7)/t5-;/m1./s1. The van der Waals surface area contributed by atoms with E-state index in [1.165, 1.54) is 10.6 Å². The molecule has 2 heterocycles. The maximum Gasteiger partial charge on any atom is 0.490 e. The van der Waals surface area contributed by atoms with Crippen molar-refractivity contribution in [1.29, 1.82) is 0 Å². The maximum atomic E-state index is 10.6. The van der Waals surface area contributed by atoms with Gasteiger partial charge in [-0.25, -0.2) is 9.78 Å². The Morgan fingerprint density at radius 1 is 1.58 bits per heavy atom. The van der Waals surface area contributed by atoms with Crippen molar-refractivity contribution >= 4 is 22.4 Å². The molecule has 3 N–H and O–H groups in total. The van der Waals surface area contributed by atoms with Crippen LogP contribution < -0.4 is 10.6 Å². The fraction of sp³-hybridized carbons (Fsp3) is 0.600. The van der Waals surface area contributed by atoms with Gasteiger partial charge in [0.2, 0.25) is 0 Å². The average Bonchev–Trinajstić information content (AvgIpc) is 2.73. The molecule has 0 aliphatic carbocycles. The van der Waals surface area contributed by atoms with Gasteiger partial charge in [0.25, 0.3) is 0 Å². The first-order valence-electron chi connectivity index (χ1n) is 5.46. The lowest BCUT2D eigenvalue weighted by Crippen LogP contribution is -2.26. The number of aliphatic carboxylic acids is 1. The van der Waals surface area contributed by atoms with Crippen molar-refractivity contribution in [2.45, 2.75) is 25.6 Å². The van der Waals surface area contributed by atoms with Crippen molar-refractivity contribution in [3.8, 4) is 0 Å². The van der Waals surface area contributed by atoms with E-state index in [2.05, 4.69) is 22.5 Å². The molecule has 0 bridgehead atoms. The Morgan fingerprint density at radius 2 is 2.16 bits per heavy atom. The van der Waals surface area contributed by atoms with E-state index >= 15 is 0 Å². The molecule has 0 unspecified atom stereocenters. The van der Waals surface area contributed by atoms with Gasteiger partial charge in [0, 0.05) is 30.9 Å². The lowest BCUT2D eigenvalue weighted by molar-refractivity contribution is -0.192. The molecule has 19 heavy (non-hydrogen) atoms. The van der Waals surface area contributed by atoms with Crippen LogP contribution in [-0.4, -0.2) is 35.8 Å². The lowest BCUT2D eigenvalue weighted by Gasteiger charge is -2.18. The van der Waals surface area contributed by atoms with Gasteiger partial charge in [0.1, 0.15) is 0 Å². The second-order valence-corrected chi connectivity index (χ2v) is 4.84. The number of anilines is 1. The van der Waals surface area contributed by atoms with E-state index in [9.17, 15) is 13.2 Å². The van der Waals surface area contributed by atoms with E-state index in [-0.39, 0.29) is 0 Å². The van der Waals surface area contributed by atoms with Crippen LogP contribution in [-0.2, 0) is 11.2 Å². The summed E-state index contributed by atoms with van der Waals surface area (Å²) in [5.74, 6) is -2.76. The first-order valence-corrected chi connectivity index (χ1v) is 6.28. The van der Waals surface area contributed by atoms with E-state index < -0.39 is 12.1 Å². The highest BCUT2D eigenvalue weighted by Gasteiger charge is 2.38. The summed E-state index contributed by atoms with van der Waals surface area (Å²) in [7, 11) is 1.92. The molecule has 2 rings (SSSR count). The fourth-order valence-corrected chi connectivity index (χ4v) is 2.48. The van der Waals surface area contributed by atoms with E-state index in [4.69, 9.17) is 9.90 Å². The van der Waals surface area contributed by atoms with Gasteiger partial charge in [0.05, 0.1) is 5.69 Å². The van der Waals surface area contributed by atoms with Crippen molar-refractivity contribution < 1.29 is 23.1 Å². The number of fused-ring (bicyclic) bond motifs is 1. The number of hydrogen-bond acceptors (Lipinski definition) is 5. The van der Waals surface area contributed by atoms with Crippen LogP contribution in [0, 0.1) is 0 Å². The molecule has 1 aromatic heterocycles. The molecule has 0 saturated heterocycles. The molecule has 5 nitrogen and oxygen atoms in total. The number of hydrogen-bond donors (Lipinski definition) is 3. The highest BCUT2D eigenvalue weighted by molar-refractivity contribution is 7.15. The number of aromatic nitrogens is 1. The number of thiazole rings is 1. The van der Waals surface area contributed by atoms with Crippen LogP contribution in [0.2, 0.25) is 0 Å². The van der Waals surface area contributed by atoms with Crippen LogP contribution in [0.1, 0.15) is 23.5 Å². The monoisotopic (exact) mass is 297 g/mol. The van der Waals surface area contributed by atoms with Gasteiger partial charge in [-0.05, 0) is 6.92 Å². The van der Waals surface area contributed by atoms with E-state index in [0.29, 0.717) is 6.04 Å². The summed E-state index contributed by atoms with van der Waals surface area (Å²) in [5.41, 5.74) is 1.27. The summed E-state index contributed by atoms with van der Waals surface area (Å²) in [6.45, 7) is 3.25. The van der Waals surface area contributed by atoms with Crippen molar-refractivity contribution in [3.05, 3.63) is 10.6 Å². The number of carbonyl (C=O) groups is 1. The summed E-state index contributed by atoms with van der Waals surface area (Å²) in [6.07, 6.45) is -4.02. The Bertz CT molecular complexity index is 448. The molecular formula is C10H14F3N3O2S. The molecule has 0 saturated carbocycles. The zero-order valence-corrected chi connectivity index (χ0v) is 11.2. The summed E-state index contributed by atoms with van der Waals surface area (Å²) in [5, 5.41) is 14.7. The molecule has 1 aliphatic heterocycles. The summed E-state index contributed by atoms with van der Waals surface area (Å²) in [4.78, 5) is 14.8. The van der Waals surface area contributed by atoms with Crippen LogP contribution in [0.4, 0.5) is 18.3 Å². The number of nitrogens with zero attached hydrogens (tertiary/aromatic N) is 1. The molecular weight excluding hydrogens is 283 g/mol. The largest absolute Gasteiger partial charge is 0.490 e. The number of carboxylic acids is 1. The molecule has 0 spiro atoms. The van der Waals surface area contributed by atoms with Crippen molar-refractivity contribution in [2.75, 3.05) is 18.9 Å². The molecule has 0 amide bonds. The smallest absolute Gasteiger partial charge is 0.475 e. The molecule has 0 radical (unpaired) electrons. The Hall–Kier alpha value is -1.35. The summed E-state index contributed by atoms with van der Waals surface area (Å²) >= 11 is 1.76. The SMILES string of the molecule is CNc1nc2c(s1)[C@@H](C)NCC2.O=C(O)C(F)(F)F. The van der Waals surface area contributed by atoms with Gasteiger partial charge < -0.3 is 15.7 Å². The third kappa shape index (κ3) is 4.35. The normalized spacial score (nSPS) is 18.1. The average molecular weight is 297 g/mol. The molecule has 0 aromatic carbocycles. The third-order valence-electron chi connectivity index (χ3n) is 2.39. The minimum absolute atomic E-state index is 0.480. The summed E-state index contributed by atoms with van der Waals surface area (Å²) in [6, 6.07) is 0.480. The molecule has 1 aromatic rings. The topological polar surface area (TPSA) is 74.2 Å². The van der Waals surface area contributed by atoms with Crippen LogP contribution in [0.15, 0.2) is 0 Å². The summed E-state index contributed by atoms with van der Waals surface area (Å²) < 4.78 is 31.7. The number of nitrogens with one attached hydrogen (secondary N) is 2. The quantitative estimate of drug-likeness (QED) is 0.739. The van der Waals surface area contributed by atoms with Crippen LogP contribution >= 0.6 is 11.3 Å². The second kappa shape index (κ2) is 6.20. The van der Waals surface area contributed by atoms with Gasteiger partial charge in [0.15, 0.2) is 5.13 Å². The first-order chi connectivity index (χ1) is 8.75. The van der Waals surface area contributed by atoms with Crippen molar-refractivity contribution in [2.24, 2.45) is 0 Å². The van der Waals surface area contributed by atoms with Crippen LogP contribution in [0.3, 0.4) is 0 Å². The maximum absolute atomic E-state index is 10.6. The minimum Gasteiger partial charge on any atom is -0.475 e. The molecule has 9 heteroatoms. The van der Waals surface area contributed by atoms with Crippen molar-refractivity contribution in [3.63, 3.8) is 0 Å². The fourth-order valence-electron chi connectivity index (χ4n) is 1.49. The lowest BCUT2D eigenvalue weighted by atomic mass is 10.1. The molecule has 0 fully saturated rings. The Balaban J connectivity index is 0.000000224. The molecule has 1 aliphatic rings. The minimum atomic E-state index is -5.08.